The molecule has 2 aromatic rings. The number of rotatable bonds is 6. The van der Waals surface area contributed by atoms with E-state index in [-0.39, 0.29) is 0 Å². The zero-order chi connectivity index (χ0) is 15.9. The predicted octanol–water partition coefficient (Wildman–Crippen LogP) is 3.44. The Hall–Kier alpha value is -2.15. The fourth-order valence-corrected chi connectivity index (χ4v) is 3.16. The van der Waals surface area contributed by atoms with E-state index in [1.807, 2.05) is 18.2 Å². The van der Waals surface area contributed by atoms with Crippen LogP contribution in [-0.4, -0.2) is 18.0 Å². The third kappa shape index (κ3) is 4.41. The van der Waals surface area contributed by atoms with E-state index in [2.05, 4.69) is 46.6 Å². The second kappa shape index (κ2) is 7.92. The molecule has 3 rings (SSSR count). The summed E-state index contributed by atoms with van der Waals surface area (Å²) < 4.78 is 0. The monoisotopic (exact) mass is 305 g/mol. The topological polar surface area (TPSA) is 39.1 Å². The molecule has 1 aliphatic rings. The molecule has 1 saturated heterocycles. The Bertz CT molecular complexity index is 681. The highest BCUT2D eigenvalue weighted by Gasteiger charge is 2.13. The minimum atomic E-state index is 0.721. The van der Waals surface area contributed by atoms with Crippen LogP contribution >= 0.6 is 0 Å². The van der Waals surface area contributed by atoms with Crippen molar-refractivity contribution in [3.63, 3.8) is 0 Å². The van der Waals surface area contributed by atoms with E-state index < -0.39 is 0 Å². The van der Waals surface area contributed by atoms with Crippen molar-refractivity contribution in [3.05, 3.63) is 70.8 Å². The molecule has 0 saturated carbocycles. The fourth-order valence-electron chi connectivity index (χ4n) is 3.16. The minimum absolute atomic E-state index is 0.721. The summed E-state index contributed by atoms with van der Waals surface area (Å²) in [4.78, 5) is 2.54. The summed E-state index contributed by atoms with van der Waals surface area (Å²) in [5.41, 5.74) is 4.67. The normalized spacial score (nSPS) is 14.7. The molecule has 0 atom stereocenters. The van der Waals surface area contributed by atoms with Crippen LogP contribution in [0.5, 0.6) is 0 Å². The van der Waals surface area contributed by atoms with Crippen LogP contribution < -0.4 is 5.32 Å². The number of hydrogen-bond acceptors (Lipinski definition) is 3. The molecule has 0 aromatic heterocycles. The molecule has 0 bridgehead atoms. The molecule has 23 heavy (non-hydrogen) atoms. The van der Waals surface area contributed by atoms with E-state index in [1.165, 1.54) is 37.1 Å². The predicted molar refractivity (Wildman–Crippen MR) is 92.7 cm³/mol. The van der Waals surface area contributed by atoms with Gasteiger partial charge in [-0.15, -0.1) is 0 Å². The van der Waals surface area contributed by atoms with Gasteiger partial charge in [-0.2, -0.15) is 5.26 Å². The summed E-state index contributed by atoms with van der Waals surface area (Å²) >= 11 is 0. The molecule has 2 aromatic carbocycles. The lowest BCUT2D eigenvalue weighted by molar-refractivity contribution is 0.330. The van der Waals surface area contributed by atoms with E-state index in [0.717, 1.165) is 30.8 Å². The van der Waals surface area contributed by atoms with Gasteiger partial charge in [-0.25, -0.2) is 0 Å². The molecule has 0 aliphatic carbocycles. The first-order valence-corrected chi connectivity index (χ1v) is 8.34. The largest absolute Gasteiger partial charge is 0.309 e. The van der Waals surface area contributed by atoms with Gasteiger partial charge in [0.2, 0.25) is 0 Å². The van der Waals surface area contributed by atoms with Gasteiger partial charge in [0.1, 0.15) is 0 Å². The lowest BCUT2D eigenvalue weighted by Crippen LogP contribution is -2.21. The van der Waals surface area contributed by atoms with Gasteiger partial charge in [-0.1, -0.05) is 36.4 Å². The Kier molecular flexibility index (Phi) is 5.42. The maximum Gasteiger partial charge on any atom is 0.0991 e. The molecular formula is C20H23N3. The van der Waals surface area contributed by atoms with Crippen LogP contribution in [0.3, 0.4) is 0 Å². The minimum Gasteiger partial charge on any atom is -0.309 e. The van der Waals surface area contributed by atoms with Crippen LogP contribution in [0.1, 0.15) is 35.1 Å². The van der Waals surface area contributed by atoms with Gasteiger partial charge in [-0.3, -0.25) is 4.90 Å². The molecular weight excluding hydrogens is 282 g/mol. The zero-order valence-electron chi connectivity index (χ0n) is 13.5. The Balaban J connectivity index is 1.58. The maximum atomic E-state index is 8.96. The van der Waals surface area contributed by atoms with Crippen molar-refractivity contribution < 1.29 is 0 Å². The smallest absolute Gasteiger partial charge is 0.0991 e. The first-order chi connectivity index (χ1) is 11.3. The number of likely N-dealkylation sites (tertiary alicyclic amines) is 1. The number of benzene rings is 2. The van der Waals surface area contributed by atoms with E-state index >= 15 is 0 Å². The van der Waals surface area contributed by atoms with Crippen LogP contribution in [0.2, 0.25) is 0 Å². The third-order valence-electron chi connectivity index (χ3n) is 4.41. The average Bonchev–Trinajstić information content (AvgIpc) is 3.10. The molecule has 0 unspecified atom stereocenters. The Morgan fingerprint density at radius 2 is 1.74 bits per heavy atom. The second-order valence-electron chi connectivity index (χ2n) is 6.17. The molecule has 3 heteroatoms. The van der Waals surface area contributed by atoms with Gasteiger partial charge >= 0.3 is 0 Å². The first-order valence-electron chi connectivity index (χ1n) is 8.34. The van der Waals surface area contributed by atoms with Crippen molar-refractivity contribution in [1.82, 2.24) is 10.2 Å². The molecule has 1 fully saturated rings. The lowest BCUT2D eigenvalue weighted by atomic mass is 10.1. The Morgan fingerprint density at radius 3 is 2.52 bits per heavy atom. The van der Waals surface area contributed by atoms with E-state index in [4.69, 9.17) is 5.26 Å². The van der Waals surface area contributed by atoms with Gasteiger partial charge in [0.15, 0.2) is 0 Å². The van der Waals surface area contributed by atoms with Crippen molar-refractivity contribution in [2.24, 2.45) is 0 Å². The standard InChI is InChI=1S/C20H23N3/c21-13-17-6-5-7-18(12-17)14-22-15-19-8-1-2-9-20(19)16-23-10-3-4-11-23/h1-2,5-9,12,22H,3-4,10-11,14-16H2. The molecule has 1 N–H and O–H groups in total. The number of nitrogens with zero attached hydrogens (tertiary/aromatic N) is 2. The van der Waals surface area contributed by atoms with Crippen LogP contribution in [-0.2, 0) is 19.6 Å². The highest BCUT2D eigenvalue weighted by molar-refractivity contribution is 5.33. The van der Waals surface area contributed by atoms with E-state index in [1.54, 1.807) is 0 Å². The first kappa shape index (κ1) is 15.7. The Labute approximate surface area is 138 Å². The lowest BCUT2D eigenvalue weighted by Gasteiger charge is -2.17. The van der Waals surface area contributed by atoms with Gasteiger partial charge in [-0.05, 0) is 54.8 Å². The van der Waals surface area contributed by atoms with Crippen LogP contribution in [0.25, 0.3) is 0 Å². The quantitative estimate of drug-likeness (QED) is 0.888. The van der Waals surface area contributed by atoms with Crippen LogP contribution in [0, 0.1) is 11.3 Å². The molecule has 3 nitrogen and oxygen atoms in total. The number of hydrogen-bond donors (Lipinski definition) is 1. The van der Waals surface area contributed by atoms with Gasteiger partial charge in [0.25, 0.3) is 0 Å². The van der Waals surface area contributed by atoms with E-state index in [0.29, 0.717) is 0 Å². The summed E-state index contributed by atoms with van der Waals surface area (Å²) in [6, 6.07) is 18.7. The van der Waals surface area contributed by atoms with Gasteiger partial charge in [0.05, 0.1) is 11.6 Å². The summed E-state index contributed by atoms with van der Waals surface area (Å²) in [5.74, 6) is 0. The summed E-state index contributed by atoms with van der Waals surface area (Å²) in [6.45, 7) is 5.15. The van der Waals surface area contributed by atoms with Gasteiger partial charge < -0.3 is 5.32 Å². The second-order valence-corrected chi connectivity index (χ2v) is 6.17. The molecule has 0 spiro atoms. The molecule has 0 amide bonds. The average molecular weight is 305 g/mol. The Morgan fingerprint density at radius 1 is 0.957 bits per heavy atom. The highest BCUT2D eigenvalue weighted by Crippen LogP contribution is 2.16. The molecule has 118 valence electrons. The van der Waals surface area contributed by atoms with Crippen LogP contribution in [0.15, 0.2) is 48.5 Å². The van der Waals surface area contributed by atoms with Crippen molar-refractivity contribution in [3.8, 4) is 6.07 Å². The fraction of sp³-hybridized carbons (Fsp3) is 0.350. The SMILES string of the molecule is N#Cc1cccc(CNCc2ccccc2CN2CCCC2)c1. The van der Waals surface area contributed by atoms with Crippen LogP contribution in [0.4, 0.5) is 0 Å². The van der Waals surface area contributed by atoms with Crippen molar-refractivity contribution in [2.75, 3.05) is 13.1 Å². The van der Waals surface area contributed by atoms with Crippen molar-refractivity contribution in [2.45, 2.75) is 32.5 Å². The zero-order valence-corrected chi connectivity index (χ0v) is 13.5. The summed E-state index contributed by atoms with van der Waals surface area (Å²) in [5, 5.41) is 12.5. The summed E-state index contributed by atoms with van der Waals surface area (Å²) in [6.07, 6.45) is 2.66. The molecule has 1 heterocycles. The van der Waals surface area contributed by atoms with Crippen molar-refractivity contribution in [1.29, 1.82) is 5.26 Å². The maximum absolute atomic E-state index is 8.96. The highest BCUT2D eigenvalue weighted by atomic mass is 15.1. The van der Waals surface area contributed by atoms with E-state index in [9.17, 15) is 0 Å². The van der Waals surface area contributed by atoms with Gasteiger partial charge in [0, 0.05) is 19.6 Å². The molecule has 0 radical (unpaired) electrons. The molecule has 1 aliphatic heterocycles. The number of nitriles is 1. The van der Waals surface area contributed by atoms with Crippen molar-refractivity contribution >= 4 is 0 Å². The third-order valence-corrected chi connectivity index (χ3v) is 4.41. The number of nitrogens with one attached hydrogen (secondary N) is 1. The summed E-state index contributed by atoms with van der Waals surface area (Å²) in [7, 11) is 0.